The summed E-state index contributed by atoms with van der Waals surface area (Å²) in [6.45, 7) is 2.23. The number of hydrogen-bond acceptors (Lipinski definition) is 4. The molecule has 1 aromatic rings. The molecule has 5 nitrogen and oxygen atoms in total. The maximum Gasteiger partial charge on any atom is 0.343 e. The van der Waals surface area contributed by atoms with E-state index in [1.165, 1.54) is 12.8 Å². The first-order chi connectivity index (χ1) is 8.11. The van der Waals surface area contributed by atoms with Gasteiger partial charge in [0.05, 0.1) is 0 Å². The summed E-state index contributed by atoms with van der Waals surface area (Å²) in [5, 5.41) is 7.61. The molecule has 6 heteroatoms. The highest BCUT2D eigenvalue weighted by molar-refractivity contribution is 7.99. The third kappa shape index (κ3) is 2.74. The first-order valence-electron chi connectivity index (χ1n) is 6.15. The van der Waals surface area contributed by atoms with Gasteiger partial charge >= 0.3 is 5.69 Å². The first kappa shape index (κ1) is 12.7. The monoisotopic (exact) mass is 256 g/mol. The summed E-state index contributed by atoms with van der Waals surface area (Å²) in [5.74, 6) is 0.767. The van der Waals surface area contributed by atoms with Crippen LogP contribution < -0.4 is 11.4 Å². The number of nitrogens with one attached hydrogen (secondary N) is 1. The van der Waals surface area contributed by atoms with Gasteiger partial charge in [-0.05, 0) is 25.2 Å². The fraction of sp³-hybridized carbons (Fsp3) is 0.818. The predicted octanol–water partition coefficient (Wildman–Crippen LogP) is 1.11. The zero-order valence-electron chi connectivity index (χ0n) is 10.3. The molecule has 96 valence electrons. The van der Waals surface area contributed by atoms with Gasteiger partial charge in [0.15, 0.2) is 5.16 Å². The fourth-order valence-electron chi connectivity index (χ4n) is 2.31. The van der Waals surface area contributed by atoms with Gasteiger partial charge in [0.1, 0.15) is 0 Å². The minimum Gasteiger partial charge on any atom is -0.327 e. The van der Waals surface area contributed by atoms with Crippen LogP contribution in [0.15, 0.2) is 9.95 Å². The molecule has 3 N–H and O–H groups in total. The lowest BCUT2D eigenvalue weighted by Gasteiger charge is -2.32. The number of H-pyrrole nitrogens is 1. The molecule has 1 saturated carbocycles. The topological polar surface area (TPSA) is 76.7 Å². The van der Waals surface area contributed by atoms with Crippen molar-refractivity contribution < 1.29 is 0 Å². The predicted molar refractivity (Wildman–Crippen MR) is 69.1 cm³/mol. The smallest absolute Gasteiger partial charge is 0.327 e. The maximum atomic E-state index is 11.3. The third-order valence-corrected chi connectivity index (χ3v) is 5.05. The van der Waals surface area contributed by atoms with E-state index in [9.17, 15) is 4.79 Å². The Hall–Kier alpha value is -0.750. The minimum absolute atomic E-state index is 0.163. The van der Waals surface area contributed by atoms with Crippen LogP contribution in [-0.4, -0.2) is 26.1 Å². The SMILES string of the molecule is CCC1CCC(N)C(Sc2n[nH]c(=O)n2C)C1. The van der Waals surface area contributed by atoms with Crippen LogP contribution in [0.25, 0.3) is 0 Å². The summed E-state index contributed by atoms with van der Waals surface area (Å²) >= 11 is 1.63. The molecule has 0 aliphatic heterocycles. The van der Waals surface area contributed by atoms with E-state index in [0.717, 1.165) is 23.9 Å². The molecular formula is C11H20N4OS. The van der Waals surface area contributed by atoms with Crippen molar-refractivity contribution in [2.24, 2.45) is 18.7 Å². The summed E-state index contributed by atoms with van der Waals surface area (Å²) in [7, 11) is 1.74. The maximum absolute atomic E-state index is 11.3. The van der Waals surface area contributed by atoms with Gasteiger partial charge in [-0.1, -0.05) is 25.1 Å². The largest absolute Gasteiger partial charge is 0.343 e. The van der Waals surface area contributed by atoms with Crippen molar-refractivity contribution in [2.45, 2.75) is 49.1 Å². The zero-order chi connectivity index (χ0) is 12.4. The Kier molecular flexibility index (Phi) is 3.93. The molecule has 0 amide bonds. The number of hydrogen-bond donors (Lipinski definition) is 2. The highest BCUT2D eigenvalue weighted by Gasteiger charge is 2.29. The van der Waals surface area contributed by atoms with E-state index in [4.69, 9.17) is 5.73 Å². The van der Waals surface area contributed by atoms with Crippen molar-refractivity contribution in [3.63, 3.8) is 0 Å². The van der Waals surface area contributed by atoms with Gasteiger partial charge in [-0.25, -0.2) is 9.89 Å². The number of thioether (sulfide) groups is 1. The van der Waals surface area contributed by atoms with E-state index in [1.807, 2.05) is 0 Å². The van der Waals surface area contributed by atoms with E-state index < -0.39 is 0 Å². The molecule has 1 fully saturated rings. The van der Waals surface area contributed by atoms with Crippen LogP contribution in [0.3, 0.4) is 0 Å². The third-order valence-electron chi connectivity index (χ3n) is 3.62. The van der Waals surface area contributed by atoms with Crippen LogP contribution in [0.5, 0.6) is 0 Å². The summed E-state index contributed by atoms with van der Waals surface area (Å²) in [6.07, 6.45) is 4.65. The Labute approximate surface area is 105 Å². The molecule has 3 unspecified atom stereocenters. The Morgan fingerprint density at radius 3 is 2.94 bits per heavy atom. The van der Waals surface area contributed by atoms with Crippen molar-refractivity contribution in [3.8, 4) is 0 Å². The lowest BCUT2D eigenvalue weighted by atomic mass is 9.84. The van der Waals surface area contributed by atoms with Gasteiger partial charge in [-0.2, -0.15) is 0 Å². The van der Waals surface area contributed by atoms with E-state index >= 15 is 0 Å². The minimum atomic E-state index is -0.163. The molecule has 0 radical (unpaired) electrons. The van der Waals surface area contributed by atoms with E-state index in [-0.39, 0.29) is 11.7 Å². The fourth-order valence-corrected chi connectivity index (χ4v) is 3.60. The Morgan fingerprint density at radius 2 is 2.35 bits per heavy atom. The van der Waals surface area contributed by atoms with Gasteiger partial charge in [0.25, 0.3) is 0 Å². The summed E-state index contributed by atoms with van der Waals surface area (Å²) in [5.41, 5.74) is 5.99. The van der Waals surface area contributed by atoms with Crippen LogP contribution >= 0.6 is 11.8 Å². The molecular weight excluding hydrogens is 236 g/mol. The normalized spacial score (nSPS) is 29.5. The summed E-state index contributed by atoms with van der Waals surface area (Å²) < 4.78 is 1.55. The van der Waals surface area contributed by atoms with Crippen molar-refractivity contribution in [1.82, 2.24) is 14.8 Å². The summed E-state index contributed by atoms with van der Waals surface area (Å²) in [4.78, 5) is 11.3. The molecule has 1 aromatic heterocycles. The van der Waals surface area contributed by atoms with Crippen molar-refractivity contribution in [2.75, 3.05) is 0 Å². The molecule has 17 heavy (non-hydrogen) atoms. The molecule has 0 aromatic carbocycles. The van der Waals surface area contributed by atoms with Crippen LogP contribution in [0.2, 0.25) is 0 Å². The molecule has 1 aliphatic carbocycles. The van der Waals surface area contributed by atoms with E-state index in [1.54, 1.807) is 23.4 Å². The second-order valence-electron chi connectivity index (χ2n) is 4.78. The quantitative estimate of drug-likeness (QED) is 0.849. The number of aromatic amines is 1. The van der Waals surface area contributed by atoms with E-state index in [0.29, 0.717) is 5.25 Å². The standard InChI is InChI=1S/C11H20N4OS/c1-3-7-4-5-8(12)9(6-7)17-11-14-13-10(16)15(11)2/h7-9H,3-6,12H2,1-2H3,(H,13,16). The van der Waals surface area contributed by atoms with E-state index in [2.05, 4.69) is 17.1 Å². The first-order valence-corrected chi connectivity index (χ1v) is 7.03. The van der Waals surface area contributed by atoms with Gasteiger partial charge in [-0.15, -0.1) is 5.10 Å². The molecule has 1 heterocycles. The number of nitrogens with two attached hydrogens (primary N) is 1. The van der Waals surface area contributed by atoms with Gasteiger partial charge in [-0.3, -0.25) is 4.57 Å². The second-order valence-corrected chi connectivity index (χ2v) is 5.98. The summed E-state index contributed by atoms with van der Waals surface area (Å²) in [6, 6.07) is 0.217. The van der Waals surface area contributed by atoms with Crippen LogP contribution in [0.1, 0.15) is 32.6 Å². The van der Waals surface area contributed by atoms with Gasteiger partial charge < -0.3 is 5.73 Å². The highest BCUT2D eigenvalue weighted by atomic mass is 32.2. The lowest BCUT2D eigenvalue weighted by molar-refractivity contribution is 0.327. The van der Waals surface area contributed by atoms with Crippen LogP contribution in [-0.2, 0) is 7.05 Å². The molecule has 2 rings (SSSR count). The molecule has 0 bridgehead atoms. The number of aromatic nitrogens is 3. The average Bonchev–Trinajstić information content (AvgIpc) is 2.64. The van der Waals surface area contributed by atoms with Crippen molar-refractivity contribution in [1.29, 1.82) is 0 Å². The average molecular weight is 256 g/mol. The van der Waals surface area contributed by atoms with Gasteiger partial charge in [0, 0.05) is 18.3 Å². The highest BCUT2D eigenvalue weighted by Crippen LogP contribution is 2.35. The van der Waals surface area contributed by atoms with Crippen LogP contribution in [0, 0.1) is 5.92 Å². The van der Waals surface area contributed by atoms with Gasteiger partial charge in [0.2, 0.25) is 0 Å². The second kappa shape index (κ2) is 5.27. The Morgan fingerprint density at radius 1 is 1.59 bits per heavy atom. The zero-order valence-corrected chi connectivity index (χ0v) is 11.2. The molecule has 3 atom stereocenters. The molecule has 1 aliphatic rings. The number of rotatable bonds is 3. The lowest BCUT2D eigenvalue weighted by Crippen LogP contribution is -2.38. The van der Waals surface area contributed by atoms with Crippen molar-refractivity contribution in [3.05, 3.63) is 10.5 Å². The molecule has 0 saturated heterocycles. The Bertz CT molecular complexity index is 427. The van der Waals surface area contributed by atoms with Crippen LogP contribution in [0.4, 0.5) is 0 Å². The molecule has 0 spiro atoms. The number of nitrogens with zero attached hydrogens (tertiary/aromatic N) is 2. The van der Waals surface area contributed by atoms with Crippen molar-refractivity contribution >= 4 is 11.8 Å². The Balaban J connectivity index is 2.06.